The molecule has 0 bridgehead atoms. The lowest BCUT2D eigenvalue weighted by molar-refractivity contribution is 0.157. The van der Waals surface area contributed by atoms with Crippen molar-refractivity contribution in [3.05, 3.63) is 22.4 Å². The van der Waals surface area contributed by atoms with E-state index in [1.807, 2.05) is 6.92 Å². The number of carbonyl (C=O) groups excluding carboxylic acids is 1. The van der Waals surface area contributed by atoms with Crippen LogP contribution in [0.2, 0.25) is 0 Å². The minimum absolute atomic E-state index is 0.0132. The number of hydrogen-bond donors (Lipinski definition) is 2. The largest absolute Gasteiger partial charge is 0.395 e. The maximum atomic E-state index is 12.0. The van der Waals surface area contributed by atoms with Crippen LogP contribution in [0.3, 0.4) is 0 Å². The molecule has 1 aliphatic rings. The Kier molecular flexibility index (Phi) is 7.15. The minimum Gasteiger partial charge on any atom is -0.395 e. The van der Waals surface area contributed by atoms with Gasteiger partial charge in [-0.3, -0.25) is 4.90 Å². The van der Waals surface area contributed by atoms with Gasteiger partial charge in [-0.05, 0) is 43.7 Å². The van der Waals surface area contributed by atoms with Gasteiger partial charge in [0.2, 0.25) is 0 Å². The molecule has 0 spiro atoms. The van der Waals surface area contributed by atoms with E-state index in [2.05, 4.69) is 27.7 Å². The van der Waals surface area contributed by atoms with Gasteiger partial charge in [-0.25, -0.2) is 4.79 Å². The highest BCUT2D eigenvalue weighted by Crippen LogP contribution is 2.20. The number of aliphatic hydroxyl groups excluding tert-OH is 1. The number of nitrogens with one attached hydrogen (secondary N) is 1. The number of thiophene rings is 1. The second-order valence-electron chi connectivity index (χ2n) is 5.81. The van der Waals surface area contributed by atoms with E-state index in [1.165, 1.54) is 17.7 Å². The van der Waals surface area contributed by atoms with Crippen molar-refractivity contribution in [3.8, 4) is 0 Å². The Morgan fingerprint density at radius 1 is 1.59 bits per heavy atom. The molecule has 0 aromatic carbocycles. The third-order valence-corrected chi connectivity index (χ3v) is 5.00. The fraction of sp³-hybridized carbons (Fsp3) is 0.688. The molecule has 22 heavy (non-hydrogen) atoms. The molecule has 2 amide bonds. The molecule has 0 saturated carbocycles. The molecule has 2 N–H and O–H groups in total. The third kappa shape index (κ3) is 5.26. The summed E-state index contributed by atoms with van der Waals surface area (Å²) in [5.41, 5.74) is 0. The van der Waals surface area contributed by atoms with Crippen LogP contribution in [0, 0.1) is 5.92 Å². The summed E-state index contributed by atoms with van der Waals surface area (Å²) in [5.74, 6) is 0.519. The number of hydrogen-bond acceptors (Lipinski definition) is 4. The van der Waals surface area contributed by atoms with Crippen LogP contribution in [-0.4, -0.2) is 60.3 Å². The van der Waals surface area contributed by atoms with Gasteiger partial charge in [0.1, 0.15) is 0 Å². The zero-order valence-electron chi connectivity index (χ0n) is 13.3. The van der Waals surface area contributed by atoms with Gasteiger partial charge < -0.3 is 15.3 Å². The number of piperidine rings is 1. The zero-order valence-corrected chi connectivity index (χ0v) is 14.1. The summed E-state index contributed by atoms with van der Waals surface area (Å²) in [5, 5.41) is 14.1. The van der Waals surface area contributed by atoms with Gasteiger partial charge in [-0.15, -0.1) is 11.3 Å². The minimum atomic E-state index is -0.0630. The Bertz CT molecular complexity index is 439. The highest BCUT2D eigenvalue weighted by molar-refractivity contribution is 7.09. The van der Waals surface area contributed by atoms with Crippen LogP contribution in [0.5, 0.6) is 0 Å². The van der Waals surface area contributed by atoms with Gasteiger partial charge in [0.15, 0.2) is 0 Å². The topological polar surface area (TPSA) is 55.8 Å². The lowest BCUT2D eigenvalue weighted by Crippen LogP contribution is -2.45. The van der Waals surface area contributed by atoms with Crippen molar-refractivity contribution in [1.29, 1.82) is 0 Å². The van der Waals surface area contributed by atoms with Crippen molar-refractivity contribution in [2.24, 2.45) is 5.92 Å². The number of nitrogens with zero attached hydrogens (tertiary/aromatic N) is 2. The van der Waals surface area contributed by atoms with E-state index in [9.17, 15) is 4.79 Å². The van der Waals surface area contributed by atoms with Crippen LogP contribution < -0.4 is 5.32 Å². The van der Waals surface area contributed by atoms with Gasteiger partial charge in [0.05, 0.1) is 6.61 Å². The Morgan fingerprint density at radius 2 is 2.45 bits per heavy atom. The molecule has 1 aliphatic heterocycles. The van der Waals surface area contributed by atoms with E-state index < -0.39 is 0 Å². The van der Waals surface area contributed by atoms with E-state index in [4.69, 9.17) is 5.11 Å². The molecule has 0 aliphatic carbocycles. The van der Waals surface area contributed by atoms with E-state index >= 15 is 0 Å². The van der Waals surface area contributed by atoms with Crippen LogP contribution >= 0.6 is 11.3 Å². The molecule has 124 valence electrons. The van der Waals surface area contributed by atoms with Crippen molar-refractivity contribution in [2.75, 3.05) is 39.3 Å². The predicted molar refractivity (Wildman–Crippen MR) is 90.1 cm³/mol. The summed E-state index contributed by atoms with van der Waals surface area (Å²) in [7, 11) is 0. The highest BCUT2D eigenvalue weighted by Gasteiger charge is 2.21. The van der Waals surface area contributed by atoms with E-state index in [1.54, 1.807) is 16.2 Å². The first-order chi connectivity index (χ1) is 10.7. The molecule has 1 fully saturated rings. The molecule has 2 rings (SSSR count). The molecule has 1 atom stereocenters. The lowest BCUT2D eigenvalue weighted by Gasteiger charge is -2.33. The zero-order chi connectivity index (χ0) is 15.8. The predicted octanol–water partition coefficient (Wildman–Crippen LogP) is 1.98. The van der Waals surface area contributed by atoms with Crippen molar-refractivity contribution in [1.82, 2.24) is 15.1 Å². The van der Waals surface area contributed by atoms with Gasteiger partial charge in [-0.1, -0.05) is 6.07 Å². The highest BCUT2D eigenvalue weighted by atomic mass is 32.1. The first-order valence-electron chi connectivity index (χ1n) is 8.11. The molecule has 1 saturated heterocycles. The van der Waals surface area contributed by atoms with Gasteiger partial charge >= 0.3 is 6.03 Å². The summed E-state index contributed by atoms with van der Waals surface area (Å²) in [6, 6.07) is 4.22. The fourth-order valence-corrected chi connectivity index (χ4v) is 3.70. The normalized spacial score (nSPS) is 19.1. The molecular formula is C16H27N3O2S. The number of rotatable bonds is 7. The lowest BCUT2D eigenvalue weighted by atomic mass is 9.98. The third-order valence-electron chi connectivity index (χ3n) is 4.14. The van der Waals surface area contributed by atoms with Crippen LogP contribution in [0.1, 0.15) is 24.6 Å². The Balaban J connectivity index is 1.74. The number of aliphatic hydroxyl groups is 1. The monoisotopic (exact) mass is 325 g/mol. The summed E-state index contributed by atoms with van der Waals surface area (Å²) in [4.78, 5) is 17.6. The smallest absolute Gasteiger partial charge is 0.317 e. The second-order valence-corrected chi connectivity index (χ2v) is 6.84. The van der Waals surface area contributed by atoms with Crippen molar-refractivity contribution >= 4 is 17.4 Å². The SMILES string of the molecule is CCN(CCO)C(=O)NCC1CCCN(Cc2cccs2)C1. The Labute approximate surface area is 136 Å². The van der Waals surface area contributed by atoms with E-state index in [-0.39, 0.29) is 12.6 Å². The first-order valence-corrected chi connectivity index (χ1v) is 8.99. The number of likely N-dealkylation sites (tertiary alicyclic amines) is 1. The number of amides is 2. The number of likely N-dealkylation sites (N-methyl/N-ethyl adjacent to an activating group) is 1. The number of carbonyl (C=O) groups is 1. The summed E-state index contributed by atoms with van der Waals surface area (Å²) < 4.78 is 0. The van der Waals surface area contributed by atoms with Crippen LogP contribution in [0.25, 0.3) is 0 Å². The van der Waals surface area contributed by atoms with Crippen LogP contribution in [-0.2, 0) is 6.54 Å². The summed E-state index contributed by atoms with van der Waals surface area (Å²) in [6.45, 7) is 6.91. The standard InChI is InChI=1S/C16H27N3O2S/c1-2-19(8-9-20)16(21)17-11-14-5-3-7-18(12-14)13-15-6-4-10-22-15/h4,6,10,14,20H,2-3,5,7-9,11-13H2,1H3,(H,17,21). The maximum Gasteiger partial charge on any atom is 0.317 e. The average Bonchev–Trinajstić information content (AvgIpc) is 3.03. The number of urea groups is 1. The van der Waals surface area contributed by atoms with Crippen LogP contribution in [0.15, 0.2) is 17.5 Å². The van der Waals surface area contributed by atoms with Crippen LogP contribution in [0.4, 0.5) is 4.79 Å². The van der Waals surface area contributed by atoms with Gasteiger partial charge in [0, 0.05) is 37.6 Å². The van der Waals surface area contributed by atoms with Gasteiger partial charge in [-0.2, -0.15) is 0 Å². The second kappa shape index (κ2) is 9.12. The average molecular weight is 325 g/mol. The first kappa shape index (κ1) is 17.2. The van der Waals surface area contributed by atoms with Crippen molar-refractivity contribution in [2.45, 2.75) is 26.3 Å². The maximum absolute atomic E-state index is 12.0. The summed E-state index contributed by atoms with van der Waals surface area (Å²) in [6.07, 6.45) is 2.37. The van der Waals surface area contributed by atoms with E-state index in [0.717, 1.165) is 26.2 Å². The fourth-order valence-electron chi connectivity index (χ4n) is 2.95. The summed E-state index contributed by atoms with van der Waals surface area (Å²) >= 11 is 1.81. The quantitative estimate of drug-likeness (QED) is 0.806. The van der Waals surface area contributed by atoms with Gasteiger partial charge in [0.25, 0.3) is 0 Å². The Hall–Kier alpha value is -1.11. The molecule has 2 heterocycles. The molecule has 5 nitrogen and oxygen atoms in total. The molecule has 1 aromatic rings. The molecule has 0 radical (unpaired) electrons. The molecular weight excluding hydrogens is 298 g/mol. The van der Waals surface area contributed by atoms with Crippen molar-refractivity contribution in [3.63, 3.8) is 0 Å². The Morgan fingerprint density at radius 3 is 3.14 bits per heavy atom. The molecule has 1 unspecified atom stereocenters. The molecule has 1 aromatic heterocycles. The van der Waals surface area contributed by atoms with Crippen molar-refractivity contribution < 1.29 is 9.90 Å². The molecule has 6 heteroatoms. The van der Waals surface area contributed by atoms with E-state index in [0.29, 0.717) is 19.0 Å².